The standard InChI is InChI=1S/C17H25N3O.2ClH/c1-2-17(9-6-10-18-17)16(21)20-13-11-19(12-14-20)15-7-4-3-5-8-15;;/h3-5,7-8,18H,2,6,9-14H2,1H3;2*1H. The van der Waals surface area contributed by atoms with Crippen molar-refractivity contribution in [1.82, 2.24) is 10.2 Å². The van der Waals surface area contributed by atoms with Crippen LogP contribution in [0.15, 0.2) is 30.3 Å². The first kappa shape index (κ1) is 20.1. The van der Waals surface area contributed by atoms with Crippen molar-refractivity contribution in [2.45, 2.75) is 31.7 Å². The molecule has 4 nitrogen and oxygen atoms in total. The lowest BCUT2D eigenvalue weighted by atomic mass is 9.92. The number of halogens is 2. The number of para-hydroxylation sites is 1. The molecule has 2 fully saturated rings. The van der Waals surface area contributed by atoms with Crippen molar-refractivity contribution in [2.75, 3.05) is 37.6 Å². The Kier molecular flexibility index (Phi) is 7.65. The molecule has 2 heterocycles. The number of hydrogen-bond donors (Lipinski definition) is 1. The number of nitrogens with zero attached hydrogens (tertiary/aromatic N) is 2. The molecule has 0 spiro atoms. The smallest absolute Gasteiger partial charge is 0.242 e. The van der Waals surface area contributed by atoms with Crippen molar-refractivity contribution in [1.29, 1.82) is 0 Å². The summed E-state index contributed by atoms with van der Waals surface area (Å²) in [6, 6.07) is 10.5. The number of hydrogen-bond acceptors (Lipinski definition) is 3. The molecular formula is C17H27Cl2N3O. The fourth-order valence-electron chi connectivity index (χ4n) is 3.55. The topological polar surface area (TPSA) is 35.6 Å². The number of nitrogens with one attached hydrogen (secondary N) is 1. The molecule has 23 heavy (non-hydrogen) atoms. The number of carbonyl (C=O) groups is 1. The number of benzene rings is 1. The number of piperazine rings is 1. The maximum atomic E-state index is 12.8. The highest BCUT2D eigenvalue weighted by Crippen LogP contribution is 2.26. The Morgan fingerprint density at radius 1 is 1.13 bits per heavy atom. The van der Waals surface area contributed by atoms with Gasteiger partial charge in [-0.1, -0.05) is 25.1 Å². The third kappa shape index (κ3) is 4.11. The van der Waals surface area contributed by atoms with Crippen molar-refractivity contribution in [3.05, 3.63) is 30.3 Å². The molecule has 0 aromatic heterocycles. The quantitative estimate of drug-likeness (QED) is 0.900. The summed E-state index contributed by atoms with van der Waals surface area (Å²) < 4.78 is 0. The fraction of sp³-hybridized carbons (Fsp3) is 0.588. The monoisotopic (exact) mass is 359 g/mol. The molecule has 1 N–H and O–H groups in total. The molecule has 0 bridgehead atoms. The van der Waals surface area contributed by atoms with Crippen LogP contribution in [0.3, 0.4) is 0 Å². The van der Waals surface area contributed by atoms with Gasteiger partial charge in [0.05, 0.1) is 5.54 Å². The Morgan fingerprint density at radius 2 is 1.78 bits per heavy atom. The van der Waals surface area contributed by atoms with Gasteiger partial charge in [-0.05, 0) is 37.9 Å². The zero-order valence-electron chi connectivity index (χ0n) is 13.7. The van der Waals surface area contributed by atoms with Crippen molar-refractivity contribution in [2.24, 2.45) is 0 Å². The molecule has 3 rings (SSSR count). The van der Waals surface area contributed by atoms with Gasteiger partial charge in [0.1, 0.15) is 0 Å². The van der Waals surface area contributed by atoms with Crippen LogP contribution in [-0.4, -0.2) is 49.1 Å². The highest BCUT2D eigenvalue weighted by Gasteiger charge is 2.42. The molecule has 2 aliphatic rings. The second-order valence-electron chi connectivity index (χ2n) is 6.08. The van der Waals surface area contributed by atoms with Crippen LogP contribution in [0, 0.1) is 0 Å². The van der Waals surface area contributed by atoms with Crippen LogP contribution in [0.1, 0.15) is 26.2 Å². The lowest BCUT2D eigenvalue weighted by molar-refractivity contribution is -0.138. The summed E-state index contributed by atoms with van der Waals surface area (Å²) >= 11 is 0. The Labute approximate surface area is 151 Å². The second kappa shape index (κ2) is 8.76. The molecule has 6 heteroatoms. The fourth-order valence-corrected chi connectivity index (χ4v) is 3.55. The van der Waals surface area contributed by atoms with E-state index in [1.807, 2.05) is 6.07 Å². The largest absolute Gasteiger partial charge is 0.368 e. The predicted molar refractivity (Wildman–Crippen MR) is 100.0 cm³/mol. The maximum Gasteiger partial charge on any atom is 0.242 e. The second-order valence-corrected chi connectivity index (χ2v) is 6.08. The van der Waals surface area contributed by atoms with Crippen molar-refractivity contribution in [3.63, 3.8) is 0 Å². The van der Waals surface area contributed by atoms with E-state index in [0.29, 0.717) is 5.91 Å². The zero-order valence-corrected chi connectivity index (χ0v) is 15.3. The summed E-state index contributed by atoms with van der Waals surface area (Å²) in [6.45, 7) is 6.61. The minimum atomic E-state index is -0.283. The van der Waals surface area contributed by atoms with E-state index in [1.54, 1.807) is 0 Å². The van der Waals surface area contributed by atoms with E-state index in [-0.39, 0.29) is 30.4 Å². The van der Waals surface area contributed by atoms with Crippen LogP contribution in [0.5, 0.6) is 0 Å². The number of anilines is 1. The molecule has 1 atom stereocenters. The van der Waals surface area contributed by atoms with Crippen molar-refractivity contribution >= 4 is 36.4 Å². The summed E-state index contributed by atoms with van der Waals surface area (Å²) in [6.07, 6.45) is 3.00. The van der Waals surface area contributed by atoms with E-state index >= 15 is 0 Å². The molecule has 0 saturated carbocycles. The third-order valence-corrected chi connectivity index (χ3v) is 4.94. The highest BCUT2D eigenvalue weighted by molar-refractivity contribution is 5.87. The van der Waals surface area contributed by atoms with Gasteiger partial charge in [-0.15, -0.1) is 24.8 Å². The Bertz CT molecular complexity index is 484. The first-order valence-electron chi connectivity index (χ1n) is 8.09. The molecule has 130 valence electrons. The van der Waals surface area contributed by atoms with Gasteiger partial charge in [0.15, 0.2) is 0 Å². The lowest BCUT2D eigenvalue weighted by Crippen LogP contribution is -2.59. The SMILES string of the molecule is CCC1(C(=O)N2CCN(c3ccccc3)CC2)CCCN1.Cl.Cl. The highest BCUT2D eigenvalue weighted by atomic mass is 35.5. The van der Waals surface area contributed by atoms with Crippen molar-refractivity contribution in [3.8, 4) is 0 Å². The van der Waals surface area contributed by atoms with Gasteiger partial charge in [-0.2, -0.15) is 0 Å². The number of amides is 1. The van der Waals surface area contributed by atoms with Crippen LogP contribution < -0.4 is 10.2 Å². The number of rotatable bonds is 3. The van der Waals surface area contributed by atoms with E-state index in [0.717, 1.165) is 52.0 Å². The Hall–Kier alpha value is -0.970. The van der Waals surface area contributed by atoms with Gasteiger partial charge in [-0.3, -0.25) is 4.79 Å². The van der Waals surface area contributed by atoms with Crippen LogP contribution in [0.25, 0.3) is 0 Å². The molecule has 0 aliphatic carbocycles. The molecule has 2 aliphatic heterocycles. The zero-order chi connectivity index (χ0) is 14.7. The van der Waals surface area contributed by atoms with Crippen LogP contribution >= 0.6 is 24.8 Å². The predicted octanol–water partition coefficient (Wildman–Crippen LogP) is 2.71. The molecule has 1 aromatic carbocycles. The Balaban J connectivity index is 0.00000132. The minimum Gasteiger partial charge on any atom is -0.368 e. The van der Waals surface area contributed by atoms with E-state index < -0.39 is 0 Å². The third-order valence-electron chi connectivity index (χ3n) is 4.94. The molecule has 1 amide bonds. The van der Waals surface area contributed by atoms with E-state index in [1.165, 1.54) is 5.69 Å². The maximum absolute atomic E-state index is 12.8. The summed E-state index contributed by atoms with van der Waals surface area (Å²) in [5.41, 5.74) is 0.975. The molecule has 1 unspecified atom stereocenters. The van der Waals surface area contributed by atoms with Gasteiger partial charge in [0, 0.05) is 31.9 Å². The minimum absolute atomic E-state index is 0. The average Bonchev–Trinajstić information content (AvgIpc) is 3.05. The first-order valence-corrected chi connectivity index (χ1v) is 8.09. The van der Waals surface area contributed by atoms with Gasteiger partial charge in [0.2, 0.25) is 5.91 Å². The van der Waals surface area contributed by atoms with Crippen LogP contribution in [0.4, 0.5) is 5.69 Å². The van der Waals surface area contributed by atoms with Crippen LogP contribution in [-0.2, 0) is 4.79 Å². The molecule has 1 aromatic rings. The molecule has 2 saturated heterocycles. The van der Waals surface area contributed by atoms with Crippen LogP contribution in [0.2, 0.25) is 0 Å². The Morgan fingerprint density at radius 3 is 2.30 bits per heavy atom. The summed E-state index contributed by atoms with van der Waals surface area (Å²) in [5.74, 6) is 0.315. The van der Waals surface area contributed by atoms with Gasteiger partial charge < -0.3 is 15.1 Å². The van der Waals surface area contributed by atoms with Gasteiger partial charge in [-0.25, -0.2) is 0 Å². The number of carbonyl (C=O) groups excluding carboxylic acids is 1. The summed E-state index contributed by atoms with van der Waals surface area (Å²) in [4.78, 5) is 17.3. The van der Waals surface area contributed by atoms with E-state index in [4.69, 9.17) is 0 Å². The summed E-state index contributed by atoms with van der Waals surface area (Å²) in [5, 5.41) is 3.45. The normalized spacial score (nSPS) is 23.9. The first-order chi connectivity index (χ1) is 10.2. The van der Waals surface area contributed by atoms with E-state index in [9.17, 15) is 4.79 Å². The van der Waals surface area contributed by atoms with Gasteiger partial charge in [0.25, 0.3) is 0 Å². The van der Waals surface area contributed by atoms with Gasteiger partial charge >= 0.3 is 0 Å². The molecular weight excluding hydrogens is 333 g/mol. The van der Waals surface area contributed by atoms with Crippen molar-refractivity contribution < 1.29 is 4.79 Å². The average molecular weight is 360 g/mol. The lowest BCUT2D eigenvalue weighted by Gasteiger charge is -2.40. The van der Waals surface area contributed by atoms with E-state index in [2.05, 4.69) is 46.3 Å². The molecule has 0 radical (unpaired) electrons. The summed E-state index contributed by atoms with van der Waals surface area (Å²) in [7, 11) is 0.